The fourth-order valence-electron chi connectivity index (χ4n) is 4.00. The van der Waals surface area contributed by atoms with Crippen LogP contribution in [0.25, 0.3) is 22.4 Å². The lowest BCUT2D eigenvalue weighted by atomic mass is 10.0. The van der Waals surface area contributed by atoms with Crippen molar-refractivity contribution in [2.24, 2.45) is 0 Å². The van der Waals surface area contributed by atoms with E-state index < -0.39 is 0 Å². The van der Waals surface area contributed by atoms with Crippen LogP contribution in [0.3, 0.4) is 0 Å². The fourth-order valence-corrected chi connectivity index (χ4v) is 4.00. The molecule has 1 amide bonds. The topological polar surface area (TPSA) is 98.2 Å². The highest BCUT2D eigenvalue weighted by Crippen LogP contribution is 2.34. The smallest absolute Gasteiger partial charge is 0.276 e. The highest BCUT2D eigenvalue weighted by atomic mass is 16.5. The van der Waals surface area contributed by atoms with Gasteiger partial charge in [-0.25, -0.2) is 0 Å². The molecule has 1 unspecified atom stereocenters. The number of hydrogen-bond acceptors (Lipinski definition) is 7. The summed E-state index contributed by atoms with van der Waals surface area (Å²) in [5.74, 6) is 1.46. The van der Waals surface area contributed by atoms with Crippen molar-refractivity contribution in [2.45, 2.75) is 45.1 Å². The van der Waals surface area contributed by atoms with Gasteiger partial charge in [0, 0.05) is 30.1 Å². The van der Waals surface area contributed by atoms with E-state index in [1.54, 1.807) is 17.2 Å². The van der Waals surface area contributed by atoms with Gasteiger partial charge in [-0.05, 0) is 30.7 Å². The number of carbonyl (C=O) groups excluding carboxylic acids is 1. The van der Waals surface area contributed by atoms with Gasteiger partial charge in [0.1, 0.15) is 17.5 Å². The molecule has 1 fully saturated rings. The molecule has 0 bridgehead atoms. The van der Waals surface area contributed by atoms with Crippen LogP contribution in [0.4, 0.5) is 0 Å². The van der Waals surface area contributed by atoms with Crippen molar-refractivity contribution >= 4 is 16.7 Å². The molecule has 0 N–H and O–H groups in total. The van der Waals surface area contributed by atoms with Crippen LogP contribution in [0.5, 0.6) is 0 Å². The number of rotatable bonds is 4. The molecule has 0 saturated carbocycles. The summed E-state index contributed by atoms with van der Waals surface area (Å²) in [6.45, 7) is 4.61. The number of nitrogens with zero attached hydrogens (tertiary/aromatic N) is 5. The Morgan fingerprint density at radius 3 is 2.87 bits per heavy atom. The van der Waals surface area contributed by atoms with Gasteiger partial charge in [-0.2, -0.15) is 0 Å². The van der Waals surface area contributed by atoms with Crippen molar-refractivity contribution in [1.29, 1.82) is 0 Å². The minimum absolute atomic E-state index is 0.165. The number of pyridine rings is 1. The molecule has 1 atom stereocenters. The molecular formula is C23H23N5O3. The van der Waals surface area contributed by atoms with Crippen molar-refractivity contribution in [1.82, 2.24) is 25.2 Å². The number of piperidine rings is 1. The molecular weight excluding hydrogens is 394 g/mol. The SMILES string of the molecule is CC(C)c1cc(C(=O)N2CCCCC2c2nnc(-c3nccc4ccccc34)o2)no1. The summed E-state index contributed by atoms with van der Waals surface area (Å²) in [5.41, 5.74) is 0.953. The van der Waals surface area contributed by atoms with Gasteiger partial charge in [0.2, 0.25) is 5.89 Å². The number of carbonyl (C=O) groups is 1. The maximum absolute atomic E-state index is 13.2. The molecule has 4 aromatic rings. The van der Waals surface area contributed by atoms with Crippen LogP contribution in [0.2, 0.25) is 0 Å². The van der Waals surface area contributed by atoms with Gasteiger partial charge in [-0.3, -0.25) is 9.78 Å². The summed E-state index contributed by atoms with van der Waals surface area (Å²) in [4.78, 5) is 19.4. The monoisotopic (exact) mass is 417 g/mol. The third kappa shape index (κ3) is 3.58. The average Bonchev–Trinajstić information content (AvgIpc) is 3.49. The van der Waals surface area contributed by atoms with Crippen molar-refractivity contribution < 1.29 is 13.7 Å². The molecule has 0 aliphatic carbocycles. The first-order valence-electron chi connectivity index (χ1n) is 10.6. The van der Waals surface area contributed by atoms with Crippen LogP contribution in [-0.2, 0) is 0 Å². The number of benzene rings is 1. The molecule has 1 saturated heterocycles. The Bertz CT molecular complexity index is 1220. The number of amides is 1. The first kappa shape index (κ1) is 19.4. The summed E-state index contributed by atoms with van der Waals surface area (Å²) in [6, 6.07) is 11.3. The van der Waals surface area contributed by atoms with E-state index >= 15 is 0 Å². The van der Waals surface area contributed by atoms with Crippen LogP contribution >= 0.6 is 0 Å². The fraction of sp³-hybridized carbons (Fsp3) is 0.348. The summed E-state index contributed by atoms with van der Waals surface area (Å²) in [6.07, 6.45) is 4.39. The quantitative estimate of drug-likeness (QED) is 0.472. The molecule has 4 heterocycles. The molecule has 31 heavy (non-hydrogen) atoms. The molecule has 8 heteroatoms. The van der Waals surface area contributed by atoms with Crippen molar-refractivity contribution in [3.63, 3.8) is 0 Å². The molecule has 1 aromatic carbocycles. The summed E-state index contributed by atoms with van der Waals surface area (Å²) >= 11 is 0. The van der Waals surface area contributed by atoms with Gasteiger partial charge in [-0.1, -0.05) is 43.3 Å². The predicted octanol–water partition coefficient (Wildman–Crippen LogP) is 4.76. The van der Waals surface area contributed by atoms with Crippen molar-refractivity contribution in [2.75, 3.05) is 6.54 Å². The third-order valence-corrected chi connectivity index (χ3v) is 5.68. The zero-order valence-corrected chi connectivity index (χ0v) is 17.5. The molecule has 0 radical (unpaired) electrons. The van der Waals surface area contributed by atoms with Gasteiger partial charge >= 0.3 is 0 Å². The number of aromatic nitrogens is 4. The Balaban J connectivity index is 1.46. The normalized spacial score (nSPS) is 16.9. The largest absolute Gasteiger partial charge is 0.417 e. The van der Waals surface area contributed by atoms with Crippen LogP contribution in [-0.4, -0.2) is 37.7 Å². The standard InChI is InChI=1S/C23H23N5O3/c1-14(2)19-13-17(27-31-19)23(29)28-12-6-5-9-18(28)21-25-26-22(30-21)20-16-8-4-3-7-15(16)10-11-24-20/h3-4,7-8,10-11,13-14,18H,5-6,9,12H2,1-2H3. The van der Waals surface area contributed by atoms with E-state index in [0.717, 1.165) is 30.0 Å². The zero-order valence-electron chi connectivity index (χ0n) is 17.5. The predicted molar refractivity (Wildman–Crippen MR) is 113 cm³/mol. The van der Waals surface area contributed by atoms with E-state index in [-0.39, 0.29) is 17.9 Å². The zero-order chi connectivity index (χ0) is 21.4. The van der Waals surface area contributed by atoms with Crippen LogP contribution in [0.1, 0.15) is 67.2 Å². The summed E-state index contributed by atoms with van der Waals surface area (Å²) in [7, 11) is 0. The van der Waals surface area contributed by atoms with E-state index in [0.29, 0.717) is 35.5 Å². The van der Waals surface area contributed by atoms with Gasteiger partial charge < -0.3 is 13.8 Å². The van der Waals surface area contributed by atoms with Crippen LogP contribution in [0, 0.1) is 0 Å². The van der Waals surface area contributed by atoms with Crippen LogP contribution in [0.15, 0.2) is 51.5 Å². The van der Waals surface area contributed by atoms with E-state index in [2.05, 4.69) is 20.3 Å². The first-order valence-corrected chi connectivity index (χ1v) is 10.6. The lowest BCUT2D eigenvalue weighted by Crippen LogP contribution is -2.38. The minimum Gasteiger partial charge on any atom is -0.417 e. The number of likely N-dealkylation sites (tertiary alicyclic amines) is 1. The molecule has 1 aliphatic heterocycles. The Labute approximate surface area is 179 Å². The maximum Gasteiger partial charge on any atom is 0.276 e. The first-order chi connectivity index (χ1) is 15.1. The average molecular weight is 417 g/mol. The van der Waals surface area contributed by atoms with E-state index in [4.69, 9.17) is 8.94 Å². The number of hydrogen-bond donors (Lipinski definition) is 0. The van der Waals surface area contributed by atoms with Gasteiger partial charge in [-0.15, -0.1) is 10.2 Å². The molecule has 3 aromatic heterocycles. The molecule has 5 rings (SSSR count). The van der Waals surface area contributed by atoms with E-state index in [1.165, 1.54) is 0 Å². The molecule has 8 nitrogen and oxygen atoms in total. The van der Waals surface area contributed by atoms with Gasteiger partial charge in [0.15, 0.2) is 5.69 Å². The van der Waals surface area contributed by atoms with E-state index in [1.807, 2.05) is 44.2 Å². The second kappa shape index (κ2) is 7.94. The third-order valence-electron chi connectivity index (χ3n) is 5.68. The second-order valence-electron chi connectivity index (χ2n) is 8.11. The Morgan fingerprint density at radius 2 is 2.03 bits per heavy atom. The summed E-state index contributed by atoms with van der Waals surface area (Å²) in [5, 5.41) is 14.5. The lowest BCUT2D eigenvalue weighted by molar-refractivity contribution is 0.0562. The highest BCUT2D eigenvalue weighted by Gasteiger charge is 2.34. The Kier molecular flexibility index (Phi) is 4.97. The number of fused-ring (bicyclic) bond motifs is 1. The van der Waals surface area contributed by atoms with Crippen molar-refractivity contribution in [3.05, 3.63) is 59.9 Å². The molecule has 0 spiro atoms. The maximum atomic E-state index is 13.2. The van der Waals surface area contributed by atoms with Crippen LogP contribution < -0.4 is 0 Å². The van der Waals surface area contributed by atoms with E-state index in [9.17, 15) is 4.79 Å². The molecule has 1 aliphatic rings. The second-order valence-corrected chi connectivity index (χ2v) is 8.11. The molecule has 158 valence electrons. The lowest BCUT2D eigenvalue weighted by Gasteiger charge is -2.32. The van der Waals surface area contributed by atoms with Gasteiger partial charge in [0.05, 0.1) is 0 Å². The van der Waals surface area contributed by atoms with Crippen molar-refractivity contribution in [3.8, 4) is 11.6 Å². The Morgan fingerprint density at radius 1 is 1.16 bits per heavy atom. The Hall–Kier alpha value is -3.55. The van der Waals surface area contributed by atoms with Gasteiger partial charge in [0.25, 0.3) is 11.8 Å². The highest BCUT2D eigenvalue weighted by molar-refractivity contribution is 5.93. The minimum atomic E-state index is -0.295. The summed E-state index contributed by atoms with van der Waals surface area (Å²) < 4.78 is 11.4.